The van der Waals surface area contributed by atoms with Crippen LogP contribution in [0.3, 0.4) is 0 Å². The monoisotopic (exact) mass is 502 g/mol. The zero-order chi connectivity index (χ0) is 25.4. The van der Waals surface area contributed by atoms with Gasteiger partial charge in [0.25, 0.3) is 6.10 Å². The van der Waals surface area contributed by atoms with Crippen molar-refractivity contribution in [3.05, 3.63) is 102 Å². The van der Waals surface area contributed by atoms with Crippen molar-refractivity contribution in [3.63, 3.8) is 0 Å². The van der Waals surface area contributed by atoms with Gasteiger partial charge in [-0.1, -0.05) is 72.8 Å². The van der Waals surface area contributed by atoms with E-state index in [9.17, 15) is 14.0 Å². The highest BCUT2D eigenvalue weighted by Crippen LogP contribution is 2.41. The van der Waals surface area contributed by atoms with Gasteiger partial charge in [-0.05, 0) is 25.1 Å². The van der Waals surface area contributed by atoms with Gasteiger partial charge in [0.2, 0.25) is 0 Å². The van der Waals surface area contributed by atoms with E-state index in [0.29, 0.717) is 11.1 Å². The third-order valence-corrected chi connectivity index (χ3v) is 6.90. The van der Waals surface area contributed by atoms with Crippen LogP contribution in [0.2, 0.25) is 0 Å². The SMILES string of the molecule is CCn1c2ccccc2c2cccc(-c3cc(C(O[Cl+3]([O-])([O-])[O-])c4ccccc4)ccc3N(C)C)c21. The molecule has 0 saturated heterocycles. The molecule has 1 heterocycles. The van der Waals surface area contributed by atoms with Gasteiger partial charge in [-0.2, -0.15) is 14.0 Å². The fourth-order valence-electron chi connectivity index (χ4n) is 5.01. The second kappa shape index (κ2) is 9.58. The number of aryl methyl sites for hydroxylation is 1. The normalized spacial score (nSPS) is 12.8. The summed E-state index contributed by atoms with van der Waals surface area (Å²) in [4.78, 5) is 2.03. The molecule has 1 unspecified atom stereocenters. The Kier molecular flexibility index (Phi) is 6.47. The summed E-state index contributed by atoms with van der Waals surface area (Å²) in [6.07, 6.45) is -1.07. The average molecular weight is 503 g/mol. The highest BCUT2D eigenvalue weighted by molar-refractivity contribution is 6.13. The number of hydrogen-bond donors (Lipinski definition) is 0. The number of para-hydroxylation sites is 2. The quantitative estimate of drug-likeness (QED) is 0.340. The number of anilines is 1. The maximum absolute atomic E-state index is 11.7. The summed E-state index contributed by atoms with van der Waals surface area (Å²) in [5, 5.41) is 2.33. The fraction of sp³-hybridized carbons (Fsp3) is 0.172. The van der Waals surface area contributed by atoms with Crippen LogP contribution in [0.4, 0.5) is 5.69 Å². The van der Waals surface area contributed by atoms with E-state index in [1.54, 1.807) is 24.3 Å². The lowest BCUT2D eigenvalue weighted by Crippen LogP contribution is -2.61. The average Bonchev–Trinajstić information content (AvgIpc) is 3.21. The number of halogens is 1. The molecule has 5 rings (SSSR count). The molecule has 0 N–H and O–H groups in total. The van der Waals surface area contributed by atoms with Crippen LogP contribution in [-0.4, -0.2) is 18.7 Å². The van der Waals surface area contributed by atoms with E-state index < -0.39 is 16.3 Å². The predicted molar refractivity (Wildman–Crippen MR) is 134 cm³/mol. The van der Waals surface area contributed by atoms with E-state index in [-0.39, 0.29) is 0 Å². The number of aromatic nitrogens is 1. The molecule has 0 radical (unpaired) electrons. The molecule has 36 heavy (non-hydrogen) atoms. The van der Waals surface area contributed by atoms with Crippen molar-refractivity contribution in [1.29, 1.82) is 0 Å². The molecule has 0 aliphatic heterocycles. The lowest BCUT2D eigenvalue weighted by Gasteiger charge is -2.23. The number of nitrogens with zero attached hydrogens (tertiary/aromatic N) is 2. The van der Waals surface area contributed by atoms with E-state index in [1.165, 1.54) is 5.39 Å². The Labute approximate surface area is 212 Å². The Morgan fingerprint density at radius 1 is 0.778 bits per heavy atom. The summed E-state index contributed by atoms with van der Waals surface area (Å²) in [5.74, 6) is 0. The third kappa shape index (κ3) is 4.46. The second-order valence-corrected chi connectivity index (χ2v) is 9.83. The van der Waals surface area contributed by atoms with Crippen LogP contribution in [-0.2, 0) is 10.8 Å². The molecular weight excluding hydrogens is 476 g/mol. The standard InChI is InChI=1S/C29H27ClN2O4/c1-4-32-27-16-9-8-13-22(27)23-14-10-15-24(28(23)32)25-19-21(17-18-26(25)31(2)3)29(36-30(33,34)35)20-11-6-5-7-12-20/h5-19,29H,4H2,1-3H3. The van der Waals surface area contributed by atoms with Crippen LogP contribution in [0.15, 0.2) is 91.0 Å². The summed E-state index contributed by atoms with van der Waals surface area (Å²) in [7, 11) is -0.700. The molecule has 0 aliphatic carbocycles. The molecule has 0 bridgehead atoms. The predicted octanol–water partition coefficient (Wildman–Crippen LogP) is 3.55. The van der Waals surface area contributed by atoms with Crippen molar-refractivity contribution in [3.8, 4) is 11.1 Å². The van der Waals surface area contributed by atoms with Crippen molar-refractivity contribution < 1.29 is 28.5 Å². The molecule has 184 valence electrons. The van der Waals surface area contributed by atoms with Crippen LogP contribution >= 0.6 is 0 Å². The van der Waals surface area contributed by atoms with Gasteiger partial charge < -0.3 is 9.47 Å². The molecule has 0 spiro atoms. The first-order valence-electron chi connectivity index (χ1n) is 11.7. The van der Waals surface area contributed by atoms with Gasteiger partial charge in [0.05, 0.1) is 20.0 Å². The minimum Gasteiger partial charge on any atom is -0.377 e. The van der Waals surface area contributed by atoms with Crippen LogP contribution in [0.25, 0.3) is 32.9 Å². The molecule has 0 saturated carbocycles. The summed E-state index contributed by atoms with van der Waals surface area (Å²) in [5.41, 5.74) is 6.32. The minimum atomic E-state index is -4.64. The van der Waals surface area contributed by atoms with Gasteiger partial charge in [0.15, 0.2) is 0 Å². The fourth-order valence-corrected chi connectivity index (χ4v) is 5.43. The van der Waals surface area contributed by atoms with Crippen LogP contribution in [0.1, 0.15) is 24.2 Å². The Balaban J connectivity index is 1.78. The lowest BCUT2D eigenvalue weighted by atomic mass is 9.94. The second-order valence-electron chi connectivity index (χ2n) is 8.89. The van der Waals surface area contributed by atoms with Gasteiger partial charge in [-0.3, -0.25) is 0 Å². The summed E-state index contributed by atoms with van der Waals surface area (Å²) in [6.45, 7) is 2.92. The number of hydrogen-bond acceptors (Lipinski definition) is 5. The molecule has 1 aromatic heterocycles. The highest BCUT2D eigenvalue weighted by atomic mass is 35.7. The molecule has 4 aromatic carbocycles. The van der Waals surface area contributed by atoms with E-state index in [0.717, 1.165) is 39.8 Å². The molecule has 7 heteroatoms. The van der Waals surface area contributed by atoms with E-state index >= 15 is 0 Å². The van der Waals surface area contributed by atoms with Crippen molar-refractivity contribution >= 4 is 27.5 Å². The molecule has 0 amide bonds. The smallest absolute Gasteiger partial charge is 0.263 e. The van der Waals surface area contributed by atoms with E-state index in [1.807, 2.05) is 61.5 Å². The zero-order valence-corrected chi connectivity index (χ0v) is 21.1. The molecule has 0 aliphatic rings. The van der Waals surface area contributed by atoms with Gasteiger partial charge >= 0.3 is 0 Å². The van der Waals surface area contributed by atoms with Crippen LogP contribution in [0.5, 0.6) is 0 Å². The van der Waals surface area contributed by atoms with Gasteiger partial charge in [0, 0.05) is 64.9 Å². The van der Waals surface area contributed by atoms with Crippen molar-refractivity contribution in [2.45, 2.75) is 19.6 Å². The van der Waals surface area contributed by atoms with Crippen molar-refractivity contribution in [2.24, 2.45) is 0 Å². The van der Waals surface area contributed by atoms with Gasteiger partial charge in [-0.15, -0.1) is 0 Å². The molecule has 5 aromatic rings. The largest absolute Gasteiger partial charge is 0.377 e. The Morgan fingerprint density at radius 3 is 2.17 bits per heavy atom. The molecule has 6 nitrogen and oxygen atoms in total. The van der Waals surface area contributed by atoms with Crippen LogP contribution < -0.4 is 18.9 Å². The van der Waals surface area contributed by atoms with Gasteiger partial charge in [0.1, 0.15) is 0 Å². The van der Waals surface area contributed by atoms with Crippen molar-refractivity contribution in [2.75, 3.05) is 19.0 Å². The maximum Gasteiger partial charge on any atom is 0.263 e. The summed E-state index contributed by atoms with van der Waals surface area (Å²) < 4.78 is 42.3. The first kappa shape index (κ1) is 24.3. The van der Waals surface area contributed by atoms with Crippen molar-refractivity contribution in [1.82, 2.24) is 4.57 Å². The third-order valence-electron chi connectivity index (χ3n) is 6.50. The van der Waals surface area contributed by atoms with E-state index in [4.69, 9.17) is 4.29 Å². The Bertz CT molecular complexity index is 1520. The zero-order valence-electron chi connectivity index (χ0n) is 20.4. The van der Waals surface area contributed by atoms with E-state index in [2.05, 4.69) is 35.8 Å². The Morgan fingerprint density at radius 2 is 1.47 bits per heavy atom. The first-order chi connectivity index (χ1) is 17.3. The lowest BCUT2D eigenvalue weighted by molar-refractivity contribution is -1.92. The molecular formula is C29H27ClN2O4. The number of rotatable bonds is 7. The first-order valence-corrected chi connectivity index (χ1v) is 13.0. The number of fused-ring (bicyclic) bond motifs is 3. The number of benzene rings is 4. The maximum atomic E-state index is 11.7. The van der Waals surface area contributed by atoms with Crippen LogP contribution in [0, 0.1) is 10.2 Å². The molecule has 0 fully saturated rings. The Hall–Kier alpha value is -3.39. The minimum absolute atomic E-state index is 0.574. The summed E-state index contributed by atoms with van der Waals surface area (Å²) in [6, 6.07) is 29.2. The highest BCUT2D eigenvalue weighted by Gasteiger charge is 2.32. The topological polar surface area (TPSA) is 86.6 Å². The van der Waals surface area contributed by atoms with Gasteiger partial charge in [-0.25, -0.2) is 0 Å². The summed E-state index contributed by atoms with van der Waals surface area (Å²) >= 11 is 0. The molecule has 1 atom stereocenters.